The minimum Gasteiger partial charge on any atom is -0.389 e. The summed E-state index contributed by atoms with van der Waals surface area (Å²) in [6.07, 6.45) is 3.56. The highest BCUT2D eigenvalue weighted by Crippen LogP contribution is 2.21. The molecule has 0 aliphatic heterocycles. The van der Waals surface area contributed by atoms with E-state index < -0.39 is 5.60 Å². The second-order valence-corrected chi connectivity index (χ2v) is 3.39. The molecule has 0 amide bonds. The maximum atomic E-state index is 10.4. The Bertz CT molecular complexity index is 119. The predicted molar refractivity (Wildman–Crippen MR) is 45.4 cm³/mol. The van der Waals surface area contributed by atoms with Crippen LogP contribution in [0.1, 0.15) is 40.0 Å². The maximum absolute atomic E-state index is 10.4. The van der Waals surface area contributed by atoms with Gasteiger partial charge in [-0.3, -0.25) is 0 Å². The van der Waals surface area contributed by atoms with Gasteiger partial charge in [-0.2, -0.15) is 0 Å². The van der Waals surface area contributed by atoms with Crippen molar-refractivity contribution in [2.24, 2.45) is 5.92 Å². The van der Waals surface area contributed by atoms with Gasteiger partial charge < -0.3 is 9.90 Å². The molecule has 0 saturated carbocycles. The van der Waals surface area contributed by atoms with E-state index in [1.165, 1.54) is 0 Å². The van der Waals surface area contributed by atoms with Crippen LogP contribution in [0.3, 0.4) is 0 Å². The van der Waals surface area contributed by atoms with Crippen molar-refractivity contribution in [1.82, 2.24) is 0 Å². The molecule has 0 aromatic heterocycles. The zero-order valence-corrected chi connectivity index (χ0v) is 7.63. The fraction of sp³-hybridized carbons (Fsp3) is 0.889. The lowest BCUT2D eigenvalue weighted by Crippen LogP contribution is -2.33. The molecule has 0 bridgehead atoms. The van der Waals surface area contributed by atoms with Crippen molar-refractivity contribution < 1.29 is 9.90 Å². The summed E-state index contributed by atoms with van der Waals surface area (Å²) in [6, 6.07) is 0. The van der Waals surface area contributed by atoms with Crippen molar-refractivity contribution in [3.05, 3.63) is 0 Å². The third-order valence-electron chi connectivity index (χ3n) is 2.22. The standard InChI is InChI=1S/C9H18O2/c1-4-5-6-9(3,11)8(2)7-10/h7-8,11H,4-6H2,1-3H3. The smallest absolute Gasteiger partial charge is 0.125 e. The zero-order chi connectivity index (χ0) is 8.91. The Labute approximate surface area is 68.6 Å². The highest BCUT2D eigenvalue weighted by molar-refractivity contribution is 5.54. The highest BCUT2D eigenvalue weighted by Gasteiger charge is 2.26. The molecule has 2 heteroatoms. The van der Waals surface area contributed by atoms with Gasteiger partial charge in [0.1, 0.15) is 6.29 Å². The molecule has 0 rings (SSSR count). The molecule has 0 heterocycles. The van der Waals surface area contributed by atoms with Gasteiger partial charge in [-0.1, -0.05) is 26.7 Å². The molecule has 0 fully saturated rings. The molecule has 11 heavy (non-hydrogen) atoms. The fourth-order valence-electron chi connectivity index (χ4n) is 0.909. The van der Waals surface area contributed by atoms with Gasteiger partial charge in [0.25, 0.3) is 0 Å². The summed E-state index contributed by atoms with van der Waals surface area (Å²) in [5.41, 5.74) is -0.808. The van der Waals surface area contributed by atoms with Crippen LogP contribution >= 0.6 is 0 Å². The lowest BCUT2D eigenvalue weighted by molar-refractivity contribution is -0.118. The van der Waals surface area contributed by atoms with Crippen molar-refractivity contribution in [1.29, 1.82) is 0 Å². The summed E-state index contributed by atoms with van der Waals surface area (Å²) in [4.78, 5) is 10.4. The average Bonchev–Trinajstić information content (AvgIpc) is 1.99. The Balaban J connectivity index is 3.87. The first-order chi connectivity index (χ1) is 5.04. The molecule has 0 aromatic rings. The molecule has 2 atom stereocenters. The zero-order valence-electron chi connectivity index (χ0n) is 7.63. The summed E-state index contributed by atoms with van der Waals surface area (Å²) in [5.74, 6) is -0.256. The summed E-state index contributed by atoms with van der Waals surface area (Å²) in [7, 11) is 0. The SMILES string of the molecule is CCCCC(C)(O)C(C)C=O. The maximum Gasteiger partial charge on any atom is 0.125 e. The van der Waals surface area contributed by atoms with Crippen molar-refractivity contribution in [2.75, 3.05) is 0 Å². The van der Waals surface area contributed by atoms with Gasteiger partial charge in [-0.25, -0.2) is 0 Å². The van der Waals surface area contributed by atoms with Crippen LogP contribution in [-0.4, -0.2) is 17.0 Å². The lowest BCUT2D eigenvalue weighted by Gasteiger charge is -2.26. The van der Waals surface area contributed by atoms with Crippen molar-refractivity contribution in [3.8, 4) is 0 Å². The Kier molecular flexibility index (Phi) is 4.34. The Morgan fingerprint density at radius 3 is 2.55 bits per heavy atom. The van der Waals surface area contributed by atoms with E-state index in [1.807, 2.05) is 0 Å². The molecule has 0 aliphatic rings. The minimum absolute atomic E-state index is 0.256. The first kappa shape index (κ1) is 10.6. The van der Waals surface area contributed by atoms with Gasteiger partial charge in [0, 0.05) is 5.92 Å². The summed E-state index contributed by atoms with van der Waals surface area (Å²) < 4.78 is 0. The van der Waals surface area contributed by atoms with Crippen LogP contribution in [0.15, 0.2) is 0 Å². The molecule has 1 N–H and O–H groups in total. The number of aldehydes is 1. The molecule has 2 unspecified atom stereocenters. The Morgan fingerprint density at radius 2 is 2.18 bits per heavy atom. The van der Waals surface area contributed by atoms with Crippen LogP contribution in [0.4, 0.5) is 0 Å². The number of unbranched alkanes of at least 4 members (excludes halogenated alkanes) is 1. The Morgan fingerprint density at radius 1 is 1.64 bits per heavy atom. The van der Waals surface area contributed by atoms with E-state index in [4.69, 9.17) is 0 Å². The van der Waals surface area contributed by atoms with Crippen LogP contribution in [0.5, 0.6) is 0 Å². The number of aliphatic hydroxyl groups is 1. The van der Waals surface area contributed by atoms with E-state index in [-0.39, 0.29) is 5.92 Å². The van der Waals surface area contributed by atoms with E-state index in [0.717, 1.165) is 19.1 Å². The Hall–Kier alpha value is -0.370. The van der Waals surface area contributed by atoms with Crippen molar-refractivity contribution >= 4 is 6.29 Å². The second kappa shape index (κ2) is 4.50. The normalized spacial score (nSPS) is 18.9. The molecule has 2 nitrogen and oxygen atoms in total. The first-order valence-corrected chi connectivity index (χ1v) is 4.22. The number of rotatable bonds is 5. The molecule has 0 spiro atoms. The van der Waals surface area contributed by atoms with Gasteiger partial charge in [0.05, 0.1) is 5.60 Å². The lowest BCUT2D eigenvalue weighted by atomic mass is 9.87. The molecular weight excluding hydrogens is 140 g/mol. The third kappa shape index (κ3) is 3.51. The first-order valence-electron chi connectivity index (χ1n) is 4.22. The molecular formula is C9H18O2. The highest BCUT2D eigenvalue weighted by atomic mass is 16.3. The largest absolute Gasteiger partial charge is 0.389 e. The van der Waals surface area contributed by atoms with E-state index in [2.05, 4.69) is 6.92 Å². The van der Waals surface area contributed by atoms with Crippen LogP contribution in [0.25, 0.3) is 0 Å². The molecule has 0 radical (unpaired) electrons. The monoisotopic (exact) mass is 158 g/mol. The second-order valence-electron chi connectivity index (χ2n) is 3.39. The minimum atomic E-state index is -0.808. The number of hydrogen-bond acceptors (Lipinski definition) is 2. The predicted octanol–water partition coefficient (Wildman–Crippen LogP) is 1.76. The third-order valence-corrected chi connectivity index (χ3v) is 2.22. The van der Waals surface area contributed by atoms with E-state index in [0.29, 0.717) is 6.42 Å². The number of carbonyl (C=O) groups excluding carboxylic acids is 1. The quantitative estimate of drug-likeness (QED) is 0.619. The van der Waals surface area contributed by atoms with Crippen LogP contribution in [-0.2, 0) is 4.79 Å². The van der Waals surface area contributed by atoms with Gasteiger partial charge in [0.2, 0.25) is 0 Å². The molecule has 66 valence electrons. The van der Waals surface area contributed by atoms with Crippen molar-refractivity contribution in [2.45, 2.75) is 45.6 Å². The van der Waals surface area contributed by atoms with Crippen LogP contribution in [0, 0.1) is 5.92 Å². The van der Waals surface area contributed by atoms with Gasteiger partial charge in [0.15, 0.2) is 0 Å². The van der Waals surface area contributed by atoms with E-state index >= 15 is 0 Å². The summed E-state index contributed by atoms with van der Waals surface area (Å²) in [6.45, 7) is 5.55. The fourth-order valence-corrected chi connectivity index (χ4v) is 0.909. The number of hydrogen-bond donors (Lipinski definition) is 1. The van der Waals surface area contributed by atoms with Gasteiger partial charge >= 0.3 is 0 Å². The average molecular weight is 158 g/mol. The number of carbonyl (C=O) groups is 1. The topological polar surface area (TPSA) is 37.3 Å². The molecule has 0 saturated heterocycles. The van der Waals surface area contributed by atoms with Gasteiger partial charge in [-0.15, -0.1) is 0 Å². The van der Waals surface area contributed by atoms with Crippen molar-refractivity contribution in [3.63, 3.8) is 0 Å². The molecule has 0 aliphatic carbocycles. The van der Waals surface area contributed by atoms with Gasteiger partial charge in [-0.05, 0) is 13.3 Å². The van der Waals surface area contributed by atoms with E-state index in [9.17, 15) is 9.90 Å². The van der Waals surface area contributed by atoms with E-state index in [1.54, 1.807) is 13.8 Å². The molecule has 0 aromatic carbocycles. The van der Waals surface area contributed by atoms with Crippen LogP contribution < -0.4 is 0 Å². The summed E-state index contributed by atoms with van der Waals surface area (Å²) in [5, 5.41) is 9.68. The van der Waals surface area contributed by atoms with Crippen LogP contribution in [0.2, 0.25) is 0 Å². The summed E-state index contributed by atoms with van der Waals surface area (Å²) >= 11 is 0.